The minimum atomic E-state index is -4.56. The molecule has 4 rings (SSSR count). The van der Waals surface area contributed by atoms with Crippen molar-refractivity contribution in [3.8, 4) is 0 Å². The van der Waals surface area contributed by atoms with Crippen LogP contribution in [-0.4, -0.2) is 25.6 Å². The number of carbonyl (C=O) groups is 1. The predicted octanol–water partition coefficient (Wildman–Crippen LogP) is 5.35. The molecule has 0 bridgehead atoms. The van der Waals surface area contributed by atoms with E-state index in [0.29, 0.717) is 11.1 Å². The van der Waals surface area contributed by atoms with Gasteiger partial charge in [0.25, 0.3) is 0 Å². The fraction of sp³-hybridized carbons (Fsp3) is 0.167. The van der Waals surface area contributed by atoms with Gasteiger partial charge in [-0.15, -0.1) is 0 Å². The second-order valence-electron chi connectivity index (χ2n) is 7.91. The summed E-state index contributed by atoms with van der Waals surface area (Å²) in [5, 5.41) is 2.47. The van der Waals surface area contributed by atoms with Gasteiger partial charge in [0.05, 0.1) is 16.4 Å². The van der Waals surface area contributed by atoms with Crippen molar-refractivity contribution in [2.75, 3.05) is 11.6 Å². The van der Waals surface area contributed by atoms with E-state index in [1.165, 1.54) is 48.5 Å². The Morgan fingerprint density at radius 1 is 1.03 bits per heavy atom. The molecule has 4 aromatic rings. The van der Waals surface area contributed by atoms with Crippen LogP contribution in [-0.2, 0) is 27.2 Å². The number of amides is 1. The van der Waals surface area contributed by atoms with Crippen molar-refractivity contribution >= 4 is 32.9 Å². The Bertz CT molecular complexity index is 1480. The molecule has 35 heavy (non-hydrogen) atoms. The van der Waals surface area contributed by atoms with Gasteiger partial charge in [0.1, 0.15) is 11.3 Å². The van der Waals surface area contributed by atoms with E-state index >= 15 is 0 Å². The van der Waals surface area contributed by atoms with Crippen molar-refractivity contribution in [1.29, 1.82) is 0 Å². The number of nitrogens with one attached hydrogen (secondary N) is 1. The first-order chi connectivity index (χ1) is 16.4. The number of hydrogen-bond acceptors (Lipinski definition) is 5. The second-order valence-corrected chi connectivity index (χ2v) is 9.93. The molecule has 0 fully saturated rings. The SMILES string of the molecule is CS(=O)(=O)c1ccc(C(Cc2ccc(F)cc2)C(=O)Nc2nc3cc(C(F)(F)F)ccc3o2)cc1. The quantitative estimate of drug-likeness (QED) is 0.356. The molecule has 0 aliphatic rings. The Labute approximate surface area is 197 Å². The van der Waals surface area contributed by atoms with Crippen molar-refractivity contribution < 1.29 is 35.2 Å². The maximum absolute atomic E-state index is 13.3. The topological polar surface area (TPSA) is 89.3 Å². The average molecular weight is 506 g/mol. The number of anilines is 1. The van der Waals surface area contributed by atoms with E-state index in [9.17, 15) is 30.8 Å². The van der Waals surface area contributed by atoms with Crippen LogP contribution in [0, 0.1) is 5.82 Å². The van der Waals surface area contributed by atoms with E-state index in [2.05, 4.69) is 10.3 Å². The zero-order valence-electron chi connectivity index (χ0n) is 18.1. The number of alkyl halides is 3. The summed E-state index contributed by atoms with van der Waals surface area (Å²) in [4.78, 5) is 17.2. The standard InChI is InChI=1S/C24H18F4N2O4S/c1-35(32,33)18-9-4-15(5-10-18)19(12-14-2-7-17(25)8-3-14)22(31)30-23-29-20-13-16(24(26,27)28)6-11-21(20)34-23/h2-11,13,19H,12H2,1H3,(H,29,30,31). The highest BCUT2D eigenvalue weighted by atomic mass is 32.2. The molecule has 1 aromatic heterocycles. The van der Waals surface area contributed by atoms with E-state index in [0.717, 1.165) is 24.5 Å². The van der Waals surface area contributed by atoms with Crippen LogP contribution in [0.25, 0.3) is 11.1 Å². The monoisotopic (exact) mass is 506 g/mol. The fourth-order valence-corrected chi connectivity index (χ4v) is 4.15. The molecule has 182 valence electrons. The molecule has 1 heterocycles. The van der Waals surface area contributed by atoms with Crippen LogP contribution in [0.15, 0.2) is 76.0 Å². The highest BCUT2D eigenvalue weighted by Crippen LogP contribution is 2.32. The van der Waals surface area contributed by atoms with Gasteiger partial charge in [0, 0.05) is 6.26 Å². The van der Waals surface area contributed by atoms with E-state index < -0.39 is 39.2 Å². The lowest BCUT2D eigenvalue weighted by Gasteiger charge is -2.17. The molecule has 1 N–H and O–H groups in total. The normalized spacial score (nSPS) is 13.1. The van der Waals surface area contributed by atoms with Crippen LogP contribution in [0.4, 0.5) is 23.6 Å². The Morgan fingerprint density at radius 3 is 2.29 bits per heavy atom. The highest BCUT2D eigenvalue weighted by molar-refractivity contribution is 7.90. The summed E-state index contributed by atoms with van der Waals surface area (Å²) in [5.74, 6) is -1.91. The molecule has 1 unspecified atom stereocenters. The van der Waals surface area contributed by atoms with E-state index in [4.69, 9.17) is 4.42 Å². The molecule has 1 atom stereocenters. The molecular formula is C24H18F4N2O4S. The first kappa shape index (κ1) is 24.4. The smallest absolute Gasteiger partial charge is 0.416 e. The van der Waals surface area contributed by atoms with Crippen molar-refractivity contribution in [3.63, 3.8) is 0 Å². The molecular weight excluding hydrogens is 488 g/mol. The molecule has 0 aliphatic carbocycles. The first-order valence-electron chi connectivity index (χ1n) is 10.2. The van der Waals surface area contributed by atoms with Crippen molar-refractivity contribution in [2.45, 2.75) is 23.4 Å². The molecule has 6 nitrogen and oxygen atoms in total. The van der Waals surface area contributed by atoms with E-state index in [1.807, 2.05) is 0 Å². The van der Waals surface area contributed by atoms with Crippen LogP contribution in [0.2, 0.25) is 0 Å². The van der Waals surface area contributed by atoms with Gasteiger partial charge < -0.3 is 4.42 Å². The number of benzene rings is 3. The summed E-state index contributed by atoms with van der Waals surface area (Å²) in [5.41, 5.74) is 0.167. The minimum Gasteiger partial charge on any atom is -0.423 e. The lowest BCUT2D eigenvalue weighted by Crippen LogP contribution is -2.23. The largest absolute Gasteiger partial charge is 0.423 e. The Balaban J connectivity index is 1.64. The number of oxazole rings is 1. The number of halogens is 4. The number of aromatic nitrogens is 1. The molecule has 0 saturated carbocycles. The number of carbonyl (C=O) groups excluding carboxylic acids is 1. The van der Waals surface area contributed by atoms with Gasteiger partial charge in [-0.25, -0.2) is 12.8 Å². The zero-order valence-corrected chi connectivity index (χ0v) is 19.0. The number of rotatable bonds is 6. The summed E-state index contributed by atoms with van der Waals surface area (Å²) in [6.07, 6.45) is -3.38. The number of nitrogens with zero attached hydrogens (tertiary/aromatic N) is 1. The number of hydrogen-bond donors (Lipinski definition) is 1. The number of fused-ring (bicyclic) bond motifs is 1. The van der Waals surface area contributed by atoms with Crippen LogP contribution in [0.3, 0.4) is 0 Å². The maximum Gasteiger partial charge on any atom is 0.416 e. The summed E-state index contributed by atoms with van der Waals surface area (Å²) >= 11 is 0. The van der Waals surface area contributed by atoms with Gasteiger partial charge in [-0.2, -0.15) is 18.2 Å². The average Bonchev–Trinajstić information content (AvgIpc) is 3.19. The van der Waals surface area contributed by atoms with Crippen LogP contribution < -0.4 is 5.32 Å². The van der Waals surface area contributed by atoms with Gasteiger partial charge in [-0.05, 0) is 60.0 Å². The van der Waals surface area contributed by atoms with Gasteiger partial charge in [-0.1, -0.05) is 24.3 Å². The summed E-state index contributed by atoms with van der Waals surface area (Å²) < 4.78 is 81.2. The Morgan fingerprint density at radius 2 is 1.69 bits per heavy atom. The third-order valence-corrected chi connectivity index (χ3v) is 6.45. The zero-order chi connectivity index (χ0) is 25.4. The third kappa shape index (κ3) is 5.68. The molecule has 11 heteroatoms. The Kier molecular flexibility index (Phi) is 6.37. The molecule has 1 amide bonds. The maximum atomic E-state index is 13.3. The van der Waals surface area contributed by atoms with Gasteiger partial charge in [0.2, 0.25) is 5.91 Å². The molecule has 0 spiro atoms. The molecule has 3 aromatic carbocycles. The van der Waals surface area contributed by atoms with Crippen molar-refractivity contribution in [3.05, 3.63) is 89.2 Å². The van der Waals surface area contributed by atoms with Crippen LogP contribution >= 0.6 is 0 Å². The van der Waals surface area contributed by atoms with Crippen molar-refractivity contribution in [2.24, 2.45) is 0 Å². The lowest BCUT2D eigenvalue weighted by molar-refractivity contribution is -0.137. The molecule has 0 aliphatic heterocycles. The predicted molar refractivity (Wildman–Crippen MR) is 120 cm³/mol. The second kappa shape index (κ2) is 9.14. The van der Waals surface area contributed by atoms with Crippen molar-refractivity contribution in [1.82, 2.24) is 4.98 Å². The van der Waals surface area contributed by atoms with Gasteiger partial charge in [-0.3, -0.25) is 10.1 Å². The summed E-state index contributed by atoms with van der Waals surface area (Å²) in [6, 6.07) is 13.7. The van der Waals surface area contributed by atoms with E-state index in [-0.39, 0.29) is 28.4 Å². The molecule has 0 radical (unpaired) electrons. The Hall–Kier alpha value is -3.73. The highest BCUT2D eigenvalue weighted by Gasteiger charge is 2.31. The lowest BCUT2D eigenvalue weighted by atomic mass is 9.91. The summed E-state index contributed by atoms with van der Waals surface area (Å²) in [7, 11) is -3.45. The third-order valence-electron chi connectivity index (χ3n) is 5.33. The number of sulfone groups is 1. The van der Waals surface area contributed by atoms with Crippen LogP contribution in [0.5, 0.6) is 0 Å². The van der Waals surface area contributed by atoms with Crippen LogP contribution in [0.1, 0.15) is 22.6 Å². The van der Waals surface area contributed by atoms with Gasteiger partial charge in [0.15, 0.2) is 15.4 Å². The van der Waals surface area contributed by atoms with Gasteiger partial charge >= 0.3 is 12.2 Å². The first-order valence-corrected chi connectivity index (χ1v) is 12.1. The van der Waals surface area contributed by atoms with E-state index in [1.54, 1.807) is 0 Å². The summed E-state index contributed by atoms with van der Waals surface area (Å²) in [6.45, 7) is 0. The fourth-order valence-electron chi connectivity index (χ4n) is 3.52. The molecule has 0 saturated heterocycles. The minimum absolute atomic E-state index is 0.0564.